The highest BCUT2D eigenvalue weighted by Gasteiger charge is 2.13. The first-order valence-corrected chi connectivity index (χ1v) is 7.51. The Morgan fingerprint density at radius 3 is 2.82 bits per heavy atom. The van der Waals surface area contributed by atoms with Crippen LogP contribution in [0.25, 0.3) is 10.9 Å². The SMILES string of the molecule is Cc1ccc2[nH]nc(C(=O)NCCCc3ccccc3)c2c1. The molecule has 4 heteroatoms. The molecule has 0 saturated heterocycles. The number of nitrogens with one attached hydrogen (secondary N) is 2. The van der Waals surface area contributed by atoms with Gasteiger partial charge in [-0.3, -0.25) is 9.89 Å². The number of carbonyl (C=O) groups is 1. The van der Waals surface area contributed by atoms with Gasteiger partial charge < -0.3 is 5.32 Å². The first kappa shape index (κ1) is 14.3. The van der Waals surface area contributed by atoms with E-state index in [0.717, 1.165) is 29.3 Å². The van der Waals surface area contributed by atoms with Gasteiger partial charge in [-0.05, 0) is 37.5 Å². The van der Waals surface area contributed by atoms with Gasteiger partial charge in [0, 0.05) is 11.9 Å². The van der Waals surface area contributed by atoms with Gasteiger partial charge in [0.05, 0.1) is 5.52 Å². The molecular formula is C18H19N3O. The molecule has 0 spiro atoms. The minimum atomic E-state index is -0.120. The summed E-state index contributed by atoms with van der Waals surface area (Å²) >= 11 is 0. The van der Waals surface area contributed by atoms with Crippen molar-refractivity contribution in [3.63, 3.8) is 0 Å². The van der Waals surface area contributed by atoms with E-state index in [1.54, 1.807) is 0 Å². The number of fused-ring (bicyclic) bond motifs is 1. The van der Waals surface area contributed by atoms with Crippen molar-refractivity contribution in [1.82, 2.24) is 15.5 Å². The zero-order valence-electron chi connectivity index (χ0n) is 12.6. The molecule has 1 amide bonds. The Balaban J connectivity index is 1.58. The number of aromatic nitrogens is 2. The molecule has 4 nitrogen and oxygen atoms in total. The molecule has 0 aliphatic heterocycles. The van der Waals surface area contributed by atoms with E-state index in [1.165, 1.54) is 5.56 Å². The van der Waals surface area contributed by atoms with Crippen molar-refractivity contribution in [2.75, 3.05) is 6.54 Å². The molecule has 1 aromatic heterocycles. The lowest BCUT2D eigenvalue weighted by Gasteiger charge is -2.04. The number of aryl methyl sites for hydroxylation is 2. The second-order valence-electron chi connectivity index (χ2n) is 5.47. The maximum Gasteiger partial charge on any atom is 0.272 e. The molecule has 0 aliphatic rings. The summed E-state index contributed by atoms with van der Waals surface area (Å²) in [6.45, 7) is 2.65. The first-order valence-electron chi connectivity index (χ1n) is 7.51. The van der Waals surface area contributed by atoms with Crippen molar-refractivity contribution < 1.29 is 4.79 Å². The fraction of sp³-hybridized carbons (Fsp3) is 0.222. The molecule has 0 aliphatic carbocycles. The normalized spacial score (nSPS) is 10.8. The Kier molecular flexibility index (Phi) is 4.19. The fourth-order valence-electron chi connectivity index (χ4n) is 2.52. The molecule has 0 fully saturated rings. The smallest absolute Gasteiger partial charge is 0.272 e. The van der Waals surface area contributed by atoms with E-state index in [2.05, 4.69) is 27.6 Å². The van der Waals surface area contributed by atoms with E-state index in [9.17, 15) is 4.79 Å². The lowest BCUT2D eigenvalue weighted by molar-refractivity contribution is 0.0950. The molecule has 0 saturated carbocycles. The number of carbonyl (C=O) groups excluding carboxylic acids is 1. The largest absolute Gasteiger partial charge is 0.351 e. The highest BCUT2D eigenvalue weighted by atomic mass is 16.1. The Hall–Kier alpha value is -2.62. The Morgan fingerprint density at radius 2 is 2.00 bits per heavy atom. The summed E-state index contributed by atoms with van der Waals surface area (Å²) in [6, 6.07) is 16.2. The number of rotatable bonds is 5. The molecule has 22 heavy (non-hydrogen) atoms. The van der Waals surface area contributed by atoms with Gasteiger partial charge in [-0.25, -0.2) is 0 Å². The minimum absolute atomic E-state index is 0.120. The molecule has 0 bridgehead atoms. The number of H-pyrrole nitrogens is 1. The summed E-state index contributed by atoms with van der Waals surface area (Å²) in [7, 11) is 0. The van der Waals surface area contributed by atoms with Crippen LogP contribution in [-0.4, -0.2) is 22.6 Å². The van der Waals surface area contributed by atoms with E-state index in [4.69, 9.17) is 0 Å². The lowest BCUT2D eigenvalue weighted by atomic mass is 10.1. The van der Waals surface area contributed by atoms with E-state index in [0.29, 0.717) is 12.2 Å². The van der Waals surface area contributed by atoms with Gasteiger partial charge in [0.2, 0.25) is 0 Å². The average Bonchev–Trinajstić information content (AvgIpc) is 2.95. The summed E-state index contributed by atoms with van der Waals surface area (Å²) in [5, 5.41) is 10.9. The number of aromatic amines is 1. The third-order valence-electron chi connectivity index (χ3n) is 3.70. The zero-order valence-corrected chi connectivity index (χ0v) is 12.6. The number of benzene rings is 2. The first-order chi connectivity index (χ1) is 10.7. The van der Waals surface area contributed by atoms with Crippen LogP contribution in [0.5, 0.6) is 0 Å². The van der Waals surface area contributed by atoms with Crippen LogP contribution in [0.4, 0.5) is 0 Å². The van der Waals surface area contributed by atoms with Crippen LogP contribution < -0.4 is 5.32 Å². The number of hydrogen-bond acceptors (Lipinski definition) is 2. The van der Waals surface area contributed by atoms with Crippen molar-refractivity contribution in [2.45, 2.75) is 19.8 Å². The second-order valence-corrected chi connectivity index (χ2v) is 5.47. The van der Waals surface area contributed by atoms with Crippen molar-refractivity contribution in [3.8, 4) is 0 Å². The summed E-state index contributed by atoms with van der Waals surface area (Å²) in [5.41, 5.74) is 3.77. The second kappa shape index (κ2) is 6.43. The van der Waals surface area contributed by atoms with Gasteiger partial charge in [-0.1, -0.05) is 42.0 Å². The highest BCUT2D eigenvalue weighted by Crippen LogP contribution is 2.17. The van der Waals surface area contributed by atoms with Gasteiger partial charge in [0.15, 0.2) is 5.69 Å². The molecule has 3 aromatic rings. The van der Waals surface area contributed by atoms with Crippen LogP contribution in [0, 0.1) is 6.92 Å². The molecule has 2 N–H and O–H groups in total. The van der Waals surface area contributed by atoms with Gasteiger partial charge in [-0.2, -0.15) is 5.10 Å². The van der Waals surface area contributed by atoms with E-state index in [1.807, 2.05) is 43.3 Å². The van der Waals surface area contributed by atoms with Gasteiger partial charge in [0.1, 0.15) is 0 Å². The fourth-order valence-corrected chi connectivity index (χ4v) is 2.52. The van der Waals surface area contributed by atoms with E-state index < -0.39 is 0 Å². The molecular weight excluding hydrogens is 274 g/mol. The topological polar surface area (TPSA) is 57.8 Å². The number of nitrogens with zero attached hydrogens (tertiary/aromatic N) is 1. The quantitative estimate of drug-likeness (QED) is 0.710. The minimum Gasteiger partial charge on any atom is -0.351 e. The number of amides is 1. The highest BCUT2D eigenvalue weighted by molar-refractivity contribution is 6.04. The molecule has 0 unspecified atom stereocenters. The molecule has 112 valence electrons. The molecule has 3 rings (SSSR count). The maximum absolute atomic E-state index is 12.2. The van der Waals surface area contributed by atoms with Crippen LogP contribution in [0.2, 0.25) is 0 Å². The predicted molar refractivity (Wildman–Crippen MR) is 87.9 cm³/mol. The molecule has 1 heterocycles. The predicted octanol–water partition coefficient (Wildman–Crippen LogP) is 3.23. The Morgan fingerprint density at radius 1 is 1.18 bits per heavy atom. The van der Waals surface area contributed by atoms with Crippen LogP contribution in [0.15, 0.2) is 48.5 Å². The van der Waals surface area contributed by atoms with Gasteiger partial charge in [0.25, 0.3) is 5.91 Å². The molecule has 2 aromatic carbocycles. The van der Waals surface area contributed by atoms with Crippen LogP contribution in [0.1, 0.15) is 28.0 Å². The molecule has 0 atom stereocenters. The summed E-state index contributed by atoms with van der Waals surface area (Å²) in [6.07, 6.45) is 1.87. The lowest BCUT2D eigenvalue weighted by Crippen LogP contribution is -2.25. The van der Waals surface area contributed by atoms with Crippen LogP contribution >= 0.6 is 0 Å². The monoisotopic (exact) mass is 293 g/mol. The van der Waals surface area contributed by atoms with Crippen molar-refractivity contribution >= 4 is 16.8 Å². The van der Waals surface area contributed by atoms with Crippen LogP contribution in [0.3, 0.4) is 0 Å². The van der Waals surface area contributed by atoms with Crippen LogP contribution in [-0.2, 0) is 6.42 Å². The van der Waals surface area contributed by atoms with Crippen molar-refractivity contribution in [2.24, 2.45) is 0 Å². The summed E-state index contributed by atoms with van der Waals surface area (Å²) < 4.78 is 0. The van der Waals surface area contributed by atoms with E-state index >= 15 is 0 Å². The third kappa shape index (κ3) is 3.17. The Bertz CT molecular complexity index is 777. The maximum atomic E-state index is 12.2. The van der Waals surface area contributed by atoms with Gasteiger partial charge >= 0.3 is 0 Å². The van der Waals surface area contributed by atoms with Crippen molar-refractivity contribution in [3.05, 3.63) is 65.4 Å². The average molecular weight is 293 g/mol. The number of hydrogen-bond donors (Lipinski definition) is 2. The van der Waals surface area contributed by atoms with Gasteiger partial charge in [-0.15, -0.1) is 0 Å². The van der Waals surface area contributed by atoms with Crippen molar-refractivity contribution in [1.29, 1.82) is 0 Å². The zero-order chi connectivity index (χ0) is 15.4. The summed E-state index contributed by atoms with van der Waals surface area (Å²) in [4.78, 5) is 12.2. The standard InChI is InChI=1S/C18H19N3O/c1-13-9-10-16-15(12-13)17(21-20-16)18(22)19-11-5-8-14-6-3-2-4-7-14/h2-4,6-7,9-10,12H,5,8,11H2,1H3,(H,19,22)(H,20,21). The van der Waals surface area contributed by atoms with E-state index in [-0.39, 0.29) is 5.91 Å². The third-order valence-corrected chi connectivity index (χ3v) is 3.70. The Labute approximate surface area is 129 Å². The summed E-state index contributed by atoms with van der Waals surface area (Å²) in [5.74, 6) is -0.120. The molecule has 0 radical (unpaired) electrons.